The summed E-state index contributed by atoms with van der Waals surface area (Å²) < 4.78 is 0. The van der Waals surface area contributed by atoms with E-state index in [1.165, 1.54) is 37.5 Å². The van der Waals surface area contributed by atoms with Crippen LogP contribution in [0.15, 0.2) is 121 Å². The SMILES string of the molecule is CCP1P(CC)[P+](c2ccccc2)(c2ccccc2)CCCC[P+]1(c1ccccc1)c1ccccc1. The van der Waals surface area contributed by atoms with Crippen molar-refractivity contribution in [2.75, 3.05) is 24.6 Å². The average molecular weight is 547 g/mol. The summed E-state index contributed by atoms with van der Waals surface area (Å²) in [6.07, 6.45) is 8.09. The van der Waals surface area contributed by atoms with Gasteiger partial charge in [0.1, 0.15) is 49.7 Å². The standard InChI is InChI=1S/C32H38P4/c1-3-33-34(4-2)36(31-23-13-7-14-24-31,32-25-15-8-16-26-32)28-18-17-27-35(33,29-19-9-5-10-20-29)30-21-11-6-12-22-30/h5-16,19-26H,3-4,17-18,27-28H2,1-2H3/q+2. The number of hydrogen-bond acceptors (Lipinski definition) is 0. The molecule has 4 aromatic rings. The molecule has 184 valence electrons. The Bertz CT molecular complexity index is 1030. The summed E-state index contributed by atoms with van der Waals surface area (Å²) in [4.78, 5) is 0. The van der Waals surface area contributed by atoms with E-state index in [0.29, 0.717) is 0 Å². The molecule has 0 saturated carbocycles. The van der Waals surface area contributed by atoms with Crippen LogP contribution in [0.5, 0.6) is 0 Å². The van der Waals surface area contributed by atoms with E-state index in [4.69, 9.17) is 0 Å². The Labute approximate surface area is 221 Å². The highest BCUT2D eigenvalue weighted by atomic mass is 32.7. The van der Waals surface area contributed by atoms with Crippen molar-refractivity contribution in [2.24, 2.45) is 0 Å². The Morgan fingerprint density at radius 2 is 0.694 bits per heavy atom. The van der Waals surface area contributed by atoms with E-state index in [0.717, 1.165) is 0 Å². The minimum Gasteiger partial charge on any atom is -0.0620 e. The van der Waals surface area contributed by atoms with Crippen LogP contribution in [-0.2, 0) is 0 Å². The summed E-state index contributed by atoms with van der Waals surface area (Å²) in [5.41, 5.74) is 0. The van der Waals surface area contributed by atoms with Crippen LogP contribution in [-0.4, -0.2) is 24.6 Å². The third kappa shape index (κ3) is 4.66. The lowest BCUT2D eigenvalue weighted by Crippen LogP contribution is -2.29. The first kappa shape index (κ1) is 26.2. The number of rotatable bonds is 6. The van der Waals surface area contributed by atoms with Crippen molar-refractivity contribution in [3.63, 3.8) is 0 Å². The van der Waals surface area contributed by atoms with Gasteiger partial charge in [-0.1, -0.05) is 86.6 Å². The van der Waals surface area contributed by atoms with Gasteiger partial charge < -0.3 is 0 Å². The van der Waals surface area contributed by atoms with Crippen LogP contribution in [0.1, 0.15) is 26.7 Å². The maximum atomic E-state index is 2.53. The lowest BCUT2D eigenvalue weighted by Gasteiger charge is -2.44. The van der Waals surface area contributed by atoms with Crippen LogP contribution in [0.4, 0.5) is 0 Å². The van der Waals surface area contributed by atoms with Gasteiger partial charge in [-0.3, -0.25) is 0 Å². The molecule has 0 N–H and O–H groups in total. The molecular weight excluding hydrogens is 508 g/mol. The lowest BCUT2D eigenvalue weighted by molar-refractivity contribution is 0.899. The Morgan fingerprint density at radius 3 is 0.917 bits per heavy atom. The first-order valence-electron chi connectivity index (χ1n) is 13.3. The summed E-state index contributed by atoms with van der Waals surface area (Å²) in [6, 6.07) is 47.1. The van der Waals surface area contributed by atoms with Gasteiger partial charge in [0, 0.05) is 12.3 Å². The van der Waals surface area contributed by atoms with Crippen LogP contribution in [0.2, 0.25) is 0 Å². The minimum atomic E-state index is -1.55. The van der Waals surface area contributed by atoms with Gasteiger partial charge >= 0.3 is 0 Å². The van der Waals surface area contributed by atoms with Gasteiger partial charge in [0.05, 0.1) is 12.3 Å². The minimum absolute atomic E-state index is 0.187. The van der Waals surface area contributed by atoms with Crippen molar-refractivity contribution in [2.45, 2.75) is 26.7 Å². The molecule has 1 aliphatic rings. The van der Waals surface area contributed by atoms with Crippen molar-refractivity contribution in [3.8, 4) is 0 Å². The van der Waals surface area contributed by atoms with Crippen LogP contribution >= 0.6 is 28.5 Å². The molecule has 1 aliphatic heterocycles. The van der Waals surface area contributed by atoms with Gasteiger partial charge in [0.25, 0.3) is 0 Å². The molecular formula is C32H38P4+2. The van der Waals surface area contributed by atoms with Gasteiger partial charge in [0.15, 0.2) is 0 Å². The third-order valence-electron chi connectivity index (χ3n) is 7.57. The second-order valence-electron chi connectivity index (χ2n) is 9.41. The topological polar surface area (TPSA) is 0 Å². The highest BCUT2D eigenvalue weighted by Gasteiger charge is 2.63. The van der Waals surface area contributed by atoms with E-state index in [-0.39, 0.29) is 14.6 Å². The fourth-order valence-electron chi connectivity index (χ4n) is 6.12. The maximum Gasteiger partial charge on any atom is 0.131 e. The van der Waals surface area contributed by atoms with Gasteiger partial charge in [-0.15, -0.1) is 0 Å². The monoisotopic (exact) mass is 546 g/mol. The van der Waals surface area contributed by atoms with Gasteiger partial charge in [-0.05, 0) is 61.4 Å². The van der Waals surface area contributed by atoms with Gasteiger partial charge in [-0.25, -0.2) is 0 Å². The highest BCUT2D eigenvalue weighted by Crippen LogP contribution is 3.06. The summed E-state index contributed by atoms with van der Waals surface area (Å²) in [5.74, 6) is 0. The zero-order valence-corrected chi connectivity index (χ0v) is 25.2. The second-order valence-corrected chi connectivity index (χ2v) is 30.0. The van der Waals surface area contributed by atoms with E-state index in [9.17, 15) is 0 Å². The van der Waals surface area contributed by atoms with Crippen LogP contribution < -0.4 is 21.2 Å². The second kappa shape index (κ2) is 12.0. The normalized spacial score (nSPS) is 21.3. The summed E-state index contributed by atoms with van der Waals surface area (Å²) in [5, 5.41) is 6.63. The predicted octanol–water partition coefficient (Wildman–Crippen LogP) is 8.87. The molecule has 0 aromatic heterocycles. The quantitative estimate of drug-likeness (QED) is 0.212. The first-order chi connectivity index (χ1) is 17.8. The largest absolute Gasteiger partial charge is 0.131 e. The highest BCUT2D eigenvalue weighted by molar-refractivity contribution is 8.85. The Balaban J connectivity index is 1.81. The van der Waals surface area contributed by atoms with Gasteiger partial charge in [0.2, 0.25) is 0 Å². The van der Waals surface area contributed by atoms with E-state index >= 15 is 0 Å². The van der Waals surface area contributed by atoms with E-state index < -0.39 is 13.9 Å². The zero-order chi connectivity index (χ0) is 24.8. The summed E-state index contributed by atoms with van der Waals surface area (Å²) in [7, 11) is -0.374. The van der Waals surface area contributed by atoms with Crippen LogP contribution in [0.25, 0.3) is 0 Å². The molecule has 0 spiro atoms. The lowest BCUT2D eigenvalue weighted by atomic mass is 10.4. The molecule has 1 fully saturated rings. The fraction of sp³-hybridized carbons (Fsp3) is 0.250. The average Bonchev–Trinajstić information content (AvgIpc) is 2.95. The molecule has 4 aromatic carbocycles. The molecule has 5 rings (SSSR count). The molecule has 0 bridgehead atoms. The fourth-order valence-corrected chi connectivity index (χ4v) is 51.0. The van der Waals surface area contributed by atoms with E-state index in [1.807, 2.05) is 0 Å². The molecule has 2 atom stereocenters. The van der Waals surface area contributed by atoms with Crippen molar-refractivity contribution >= 4 is 49.7 Å². The van der Waals surface area contributed by atoms with Crippen LogP contribution in [0, 0.1) is 0 Å². The molecule has 0 amide bonds. The smallest absolute Gasteiger partial charge is 0.0620 e. The summed E-state index contributed by atoms with van der Waals surface area (Å²) in [6.45, 7) is 1.97. The molecule has 2 unspecified atom stereocenters. The Hall–Kier alpha value is -1.40. The molecule has 1 heterocycles. The maximum absolute atomic E-state index is 2.53. The number of hydrogen-bond donors (Lipinski definition) is 0. The van der Waals surface area contributed by atoms with Crippen molar-refractivity contribution < 1.29 is 0 Å². The zero-order valence-electron chi connectivity index (χ0n) is 21.6. The molecule has 36 heavy (non-hydrogen) atoms. The van der Waals surface area contributed by atoms with E-state index in [2.05, 4.69) is 135 Å². The molecule has 4 heteroatoms. The summed E-state index contributed by atoms with van der Waals surface area (Å²) >= 11 is 0. The molecule has 0 aliphatic carbocycles. The van der Waals surface area contributed by atoms with Crippen LogP contribution in [0.3, 0.4) is 0 Å². The molecule has 1 saturated heterocycles. The van der Waals surface area contributed by atoms with Crippen molar-refractivity contribution in [1.29, 1.82) is 0 Å². The number of benzene rings is 4. The first-order valence-corrected chi connectivity index (χ1v) is 22.4. The molecule has 0 radical (unpaired) electrons. The molecule has 0 nitrogen and oxygen atoms in total. The Morgan fingerprint density at radius 1 is 0.444 bits per heavy atom. The predicted molar refractivity (Wildman–Crippen MR) is 172 cm³/mol. The third-order valence-corrected chi connectivity index (χ3v) is 41.7. The van der Waals surface area contributed by atoms with Crippen molar-refractivity contribution in [3.05, 3.63) is 121 Å². The van der Waals surface area contributed by atoms with E-state index in [1.54, 1.807) is 21.2 Å². The van der Waals surface area contributed by atoms with Gasteiger partial charge in [-0.2, -0.15) is 0 Å². The Kier molecular flexibility index (Phi) is 8.72. The van der Waals surface area contributed by atoms with Crippen molar-refractivity contribution in [1.82, 2.24) is 0 Å².